The van der Waals surface area contributed by atoms with Gasteiger partial charge in [0.15, 0.2) is 5.78 Å². The molecule has 19 heavy (non-hydrogen) atoms. The first-order chi connectivity index (χ1) is 8.50. The van der Waals surface area contributed by atoms with Crippen molar-refractivity contribution >= 4 is 17.7 Å². The van der Waals surface area contributed by atoms with E-state index >= 15 is 0 Å². The summed E-state index contributed by atoms with van der Waals surface area (Å²) in [5, 5.41) is 19.9. The molecule has 0 aromatic heterocycles. The van der Waals surface area contributed by atoms with E-state index in [4.69, 9.17) is 10.2 Å². The van der Waals surface area contributed by atoms with Crippen LogP contribution in [0.3, 0.4) is 0 Å². The van der Waals surface area contributed by atoms with Gasteiger partial charge in [-0.25, -0.2) is 4.79 Å². The summed E-state index contributed by atoms with van der Waals surface area (Å²) >= 11 is 0. The number of allylic oxidation sites excluding steroid dienone is 5. The van der Waals surface area contributed by atoms with E-state index in [-0.39, 0.29) is 35.4 Å². The predicted octanol–water partition coefficient (Wildman–Crippen LogP) is 0.470. The van der Waals surface area contributed by atoms with E-state index in [2.05, 4.69) is 5.32 Å². The van der Waals surface area contributed by atoms with Crippen molar-refractivity contribution in [3.63, 3.8) is 0 Å². The summed E-state index contributed by atoms with van der Waals surface area (Å²) in [6, 6.07) is -1.03. The molecular weight excluding hydrogens is 297 g/mol. The van der Waals surface area contributed by atoms with Gasteiger partial charge in [-0.05, 0) is 18.6 Å². The van der Waals surface area contributed by atoms with E-state index in [1.54, 1.807) is 18.2 Å². The number of rotatable bonds is 6. The van der Waals surface area contributed by atoms with Gasteiger partial charge in [0.1, 0.15) is 6.04 Å². The summed E-state index contributed by atoms with van der Waals surface area (Å²) in [5.74, 6) is -2.45. The summed E-state index contributed by atoms with van der Waals surface area (Å²) < 4.78 is 0. The van der Waals surface area contributed by atoms with E-state index in [0.717, 1.165) is 0 Å². The number of hydrogen-bond acceptors (Lipinski definition) is 4. The second-order valence-electron chi connectivity index (χ2n) is 3.67. The molecule has 0 spiro atoms. The van der Waals surface area contributed by atoms with E-state index in [1.165, 1.54) is 12.3 Å². The number of hydrogen-bond donors (Lipinski definition) is 3. The van der Waals surface area contributed by atoms with Gasteiger partial charge in [-0.2, -0.15) is 0 Å². The Kier molecular flexibility index (Phi) is 7.46. The fourth-order valence-electron chi connectivity index (χ4n) is 1.34. The molecule has 3 N–H and O–H groups in total. The molecule has 1 aliphatic rings. The molecule has 0 aliphatic heterocycles. The Morgan fingerprint density at radius 1 is 1.26 bits per heavy atom. The normalized spacial score (nSPS) is 16.8. The van der Waals surface area contributed by atoms with Gasteiger partial charge in [0, 0.05) is 35.0 Å². The van der Waals surface area contributed by atoms with Crippen molar-refractivity contribution in [3.8, 4) is 0 Å². The van der Waals surface area contributed by atoms with Gasteiger partial charge >= 0.3 is 11.9 Å². The molecule has 1 radical (unpaired) electrons. The van der Waals surface area contributed by atoms with Gasteiger partial charge in [-0.1, -0.05) is 12.2 Å². The SMILES string of the molecule is O=C(O)CCC(N/C=C1/C=CC=CC1=O)C(=O)O.[Co]. The van der Waals surface area contributed by atoms with Crippen LogP contribution in [-0.4, -0.2) is 34.0 Å². The Morgan fingerprint density at radius 2 is 1.89 bits per heavy atom. The van der Waals surface area contributed by atoms with Gasteiger partial charge in [-0.15, -0.1) is 0 Å². The van der Waals surface area contributed by atoms with Crippen LogP contribution in [0, 0.1) is 0 Å². The molecule has 0 fully saturated rings. The van der Waals surface area contributed by atoms with E-state index in [0.29, 0.717) is 5.57 Å². The van der Waals surface area contributed by atoms with Crippen molar-refractivity contribution in [1.29, 1.82) is 0 Å². The number of ketones is 1. The molecule has 1 rings (SSSR count). The number of carbonyl (C=O) groups is 3. The summed E-state index contributed by atoms with van der Waals surface area (Å²) in [5.41, 5.74) is 0.332. The van der Waals surface area contributed by atoms with Crippen LogP contribution in [-0.2, 0) is 31.2 Å². The van der Waals surface area contributed by atoms with Crippen LogP contribution in [0.5, 0.6) is 0 Å². The Labute approximate surface area is 120 Å². The van der Waals surface area contributed by atoms with Crippen molar-refractivity contribution in [2.45, 2.75) is 18.9 Å². The second kappa shape index (κ2) is 8.28. The number of carboxylic acids is 2. The van der Waals surface area contributed by atoms with E-state index in [9.17, 15) is 14.4 Å². The summed E-state index contributed by atoms with van der Waals surface area (Å²) in [4.78, 5) is 32.6. The number of carbonyl (C=O) groups excluding carboxylic acids is 1. The molecule has 0 aromatic rings. The molecule has 1 unspecified atom stereocenters. The van der Waals surface area contributed by atoms with Crippen LogP contribution in [0.1, 0.15) is 12.8 Å². The first-order valence-corrected chi connectivity index (χ1v) is 5.30. The maximum Gasteiger partial charge on any atom is 0.326 e. The van der Waals surface area contributed by atoms with Gasteiger partial charge in [0.2, 0.25) is 0 Å². The van der Waals surface area contributed by atoms with Crippen molar-refractivity contribution in [2.75, 3.05) is 0 Å². The Bertz CT molecular complexity index is 453. The third-order valence-corrected chi connectivity index (χ3v) is 2.30. The molecule has 1 aliphatic carbocycles. The molecule has 0 aromatic carbocycles. The smallest absolute Gasteiger partial charge is 0.326 e. The maximum atomic E-state index is 11.4. The first kappa shape index (κ1) is 17.1. The Balaban J connectivity index is 0.00000324. The van der Waals surface area contributed by atoms with Crippen molar-refractivity contribution in [2.24, 2.45) is 0 Å². The average Bonchev–Trinajstić information content (AvgIpc) is 2.30. The van der Waals surface area contributed by atoms with Crippen LogP contribution in [0.25, 0.3) is 0 Å². The molecule has 0 amide bonds. The minimum Gasteiger partial charge on any atom is -0.481 e. The van der Waals surface area contributed by atoms with Crippen molar-refractivity contribution in [1.82, 2.24) is 5.32 Å². The number of nitrogens with one attached hydrogen (secondary N) is 1. The summed E-state index contributed by atoms with van der Waals surface area (Å²) in [6.07, 6.45) is 7.13. The van der Waals surface area contributed by atoms with Crippen LogP contribution < -0.4 is 5.32 Å². The molecule has 7 heteroatoms. The quantitative estimate of drug-likeness (QED) is 0.616. The zero-order valence-electron chi connectivity index (χ0n) is 9.83. The molecule has 1 atom stereocenters. The molecule has 0 saturated heterocycles. The van der Waals surface area contributed by atoms with Crippen LogP contribution >= 0.6 is 0 Å². The molecule has 0 saturated carbocycles. The van der Waals surface area contributed by atoms with Crippen LogP contribution in [0.4, 0.5) is 0 Å². The topological polar surface area (TPSA) is 104 Å². The van der Waals surface area contributed by atoms with E-state index in [1.807, 2.05) is 0 Å². The van der Waals surface area contributed by atoms with Crippen molar-refractivity contribution < 1.29 is 41.4 Å². The van der Waals surface area contributed by atoms with Gasteiger partial charge in [-0.3, -0.25) is 9.59 Å². The van der Waals surface area contributed by atoms with Gasteiger partial charge in [0.25, 0.3) is 0 Å². The zero-order chi connectivity index (χ0) is 13.5. The Hall–Kier alpha value is -1.86. The van der Waals surface area contributed by atoms with Crippen LogP contribution in [0.15, 0.2) is 36.1 Å². The molecule has 0 bridgehead atoms. The molecule has 6 nitrogen and oxygen atoms in total. The number of aliphatic carboxylic acids is 2. The largest absolute Gasteiger partial charge is 0.481 e. The van der Waals surface area contributed by atoms with Crippen molar-refractivity contribution in [3.05, 3.63) is 36.1 Å². The monoisotopic (exact) mass is 310 g/mol. The molecular formula is C12H13CoNO5. The molecule has 0 heterocycles. The fourth-order valence-corrected chi connectivity index (χ4v) is 1.34. The van der Waals surface area contributed by atoms with Gasteiger partial charge < -0.3 is 15.5 Å². The number of carboxylic acid groups (broad SMARTS) is 2. The summed E-state index contributed by atoms with van der Waals surface area (Å²) in [6.45, 7) is 0. The summed E-state index contributed by atoms with van der Waals surface area (Å²) in [7, 11) is 0. The first-order valence-electron chi connectivity index (χ1n) is 5.30. The molecule has 105 valence electrons. The van der Waals surface area contributed by atoms with Crippen LogP contribution in [0.2, 0.25) is 0 Å². The van der Waals surface area contributed by atoms with E-state index < -0.39 is 18.0 Å². The zero-order valence-corrected chi connectivity index (χ0v) is 10.9. The third-order valence-electron chi connectivity index (χ3n) is 2.30. The maximum absolute atomic E-state index is 11.4. The fraction of sp³-hybridized carbons (Fsp3) is 0.250. The van der Waals surface area contributed by atoms with Gasteiger partial charge in [0.05, 0.1) is 0 Å². The minimum atomic E-state index is -1.16. The second-order valence-corrected chi connectivity index (χ2v) is 3.67. The average molecular weight is 310 g/mol. The minimum absolute atomic E-state index is 0. The standard InChI is InChI=1S/C12H13NO5.Co/c14-10-4-2-1-3-8(10)7-13-9(12(17)18)5-6-11(15)16;/h1-4,7,9,13H,5-6H2,(H,15,16)(H,17,18);/b8-7-;. The predicted molar refractivity (Wildman–Crippen MR) is 62.8 cm³/mol. The Morgan fingerprint density at radius 3 is 2.42 bits per heavy atom. The third kappa shape index (κ3) is 6.02.